The number of carbonyl (C=O) groups excluding carboxylic acids is 1. The molecule has 116 valence electrons. The fourth-order valence-electron chi connectivity index (χ4n) is 1.80. The highest BCUT2D eigenvalue weighted by Crippen LogP contribution is 2.08. The number of carboxylic acids is 1. The third-order valence-corrected chi connectivity index (χ3v) is 3.32. The molecule has 0 aliphatic carbocycles. The van der Waals surface area contributed by atoms with E-state index in [1.54, 1.807) is 6.92 Å². The van der Waals surface area contributed by atoms with E-state index < -0.39 is 23.6 Å². The lowest BCUT2D eigenvalue weighted by Crippen LogP contribution is -2.53. The van der Waals surface area contributed by atoms with Gasteiger partial charge in [0, 0.05) is 6.07 Å². The van der Waals surface area contributed by atoms with E-state index in [1.165, 1.54) is 16.8 Å². The maximum absolute atomic E-state index is 11.8. The van der Waals surface area contributed by atoms with Gasteiger partial charge in [-0.1, -0.05) is 20.3 Å². The van der Waals surface area contributed by atoms with Crippen molar-refractivity contribution >= 4 is 17.7 Å². The fraction of sp³-hybridized carbons (Fsp3) is 0.538. The molecular weight excluding hydrogens is 276 g/mol. The van der Waals surface area contributed by atoms with Gasteiger partial charge in [-0.05, 0) is 5.92 Å². The van der Waals surface area contributed by atoms with Crippen molar-refractivity contribution in [1.29, 1.82) is 0 Å². The molecular formula is C13H21N4O4+. The average molecular weight is 297 g/mol. The SMILES string of the molecule is CCC(C)C(NC(=O)CC[n+]1ccc(N)[nH]c1=O)C(=O)O. The number of anilines is 1. The lowest BCUT2D eigenvalue weighted by molar-refractivity contribution is -0.712. The first-order chi connectivity index (χ1) is 9.85. The summed E-state index contributed by atoms with van der Waals surface area (Å²) in [7, 11) is 0. The number of aliphatic carboxylic acids is 1. The highest BCUT2D eigenvalue weighted by atomic mass is 16.4. The molecule has 1 aromatic heterocycles. The van der Waals surface area contributed by atoms with E-state index in [9.17, 15) is 14.4 Å². The lowest BCUT2D eigenvalue weighted by Gasteiger charge is -2.19. The topological polar surface area (TPSA) is 129 Å². The first kappa shape index (κ1) is 16.7. The zero-order valence-corrected chi connectivity index (χ0v) is 12.1. The summed E-state index contributed by atoms with van der Waals surface area (Å²) in [6.07, 6.45) is 2.13. The summed E-state index contributed by atoms with van der Waals surface area (Å²) in [4.78, 5) is 36.9. The third kappa shape index (κ3) is 4.90. The molecule has 8 heteroatoms. The van der Waals surface area contributed by atoms with Crippen LogP contribution in [0.4, 0.5) is 5.82 Å². The van der Waals surface area contributed by atoms with Gasteiger partial charge in [0.05, 0.1) is 12.6 Å². The largest absolute Gasteiger partial charge is 0.497 e. The molecule has 0 bridgehead atoms. The number of nitrogens with one attached hydrogen (secondary N) is 2. The van der Waals surface area contributed by atoms with E-state index in [1.807, 2.05) is 6.92 Å². The van der Waals surface area contributed by atoms with E-state index in [4.69, 9.17) is 10.8 Å². The van der Waals surface area contributed by atoms with Crippen molar-refractivity contribution in [1.82, 2.24) is 10.3 Å². The summed E-state index contributed by atoms with van der Waals surface area (Å²) < 4.78 is 1.30. The summed E-state index contributed by atoms with van der Waals surface area (Å²) in [5, 5.41) is 11.6. The van der Waals surface area contributed by atoms with Crippen LogP contribution in [0.2, 0.25) is 0 Å². The molecule has 8 nitrogen and oxygen atoms in total. The maximum atomic E-state index is 11.8. The van der Waals surface area contributed by atoms with Crippen molar-refractivity contribution in [3.05, 3.63) is 22.7 Å². The number of aromatic nitrogens is 2. The highest BCUT2D eigenvalue weighted by molar-refractivity contribution is 5.83. The monoisotopic (exact) mass is 297 g/mol. The number of nitrogen functional groups attached to an aromatic ring is 1. The van der Waals surface area contributed by atoms with Gasteiger partial charge in [-0.2, -0.15) is 14.3 Å². The quantitative estimate of drug-likeness (QED) is 0.492. The van der Waals surface area contributed by atoms with Gasteiger partial charge in [0.2, 0.25) is 5.91 Å². The summed E-state index contributed by atoms with van der Waals surface area (Å²) in [5.74, 6) is -1.40. The van der Waals surface area contributed by atoms with E-state index in [0.717, 1.165) is 0 Å². The van der Waals surface area contributed by atoms with Crippen LogP contribution in [0, 0.1) is 5.92 Å². The van der Waals surface area contributed by atoms with Crippen LogP contribution < -0.4 is 21.3 Å². The minimum Gasteiger partial charge on any atom is -0.480 e. The Morgan fingerprint density at radius 3 is 2.71 bits per heavy atom. The van der Waals surface area contributed by atoms with Gasteiger partial charge < -0.3 is 16.2 Å². The average Bonchev–Trinajstić information content (AvgIpc) is 2.42. The molecule has 0 saturated heterocycles. The number of H-pyrrole nitrogens is 1. The molecule has 0 spiro atoms. The van der Waals surface area contributed by atoms with E-state index in [2.05, 4.69) is 10.3 Å². The Labute approximate surface area is 122 Å². The van der Waals surface area contributed by atoms with Crippen molar-refractivity contribution < 1.29 is 19.3 Å². The predicted octanol–water partition coefficient (Wildman–Crippen LogP) is -0.750. The molecule has 0 aromatic carbocycles. The van der Waals surface area contributed by atoms with Gasteiger partial charge in [-0.15, -0.1) is 0 Å². The molecule has 2 unspecified atom stereocenters. The number of aromatic amines is 1. The number of nitrogens with two attached hydrogens (primary N) is 1. The van der Waals surface area contributed by atoms with E-state index >= 15 is 0 Å². The van der Waals surface area contributed by atoms with Crippen molar-refractivity contribution in [2.24, 2.45) is 5.92 Å². The van der Waals surface area contributed by atoms with Gasteiger partial charge in [0.1, 0.15) is 12.6 Å². The highest BCUT2D eigenvalue weighted by Gasteiger charge is 2.25. The molecule has 5 N–H and O–H groups in total. The van der Waals surface area contributed by atoms with Crippen LogP contribution in [0.15, 0.2) is 17.1 Å². The van der Waals surface area contributed by atoms with Gasteiger partial charge in [-0.25, -0.2) is 4.79 Å². The van der Waals surface area contributed by atoms with Crippen LogP contribution in [0.25, 0.3) is 0 Å². The van der Waals surface area contributed by atoms with Crippen LogP contribution in [-0.4, -0.2) is 28.0 Å². The molecule has 0 radical (unpaired) electrons. The first-order valence-corrected chi connectivity index (χ1v) is 6.75. The number of hydrogen-bond acceptors (Lipinski definition) is 4. The second kappa shape index (κ2) is 7.41. The summed E-state index contributed by atoms with van der Waals surface area (Å²) in [6.45, 7) is 3.77. The molecule has 1 aromatic rings. The van der Waals surface area contributed by atoms with Crippen molar-refractivity contribution in [2.45, 2.75) is 39.3 Å². The molecule has 0 aliphatic heterocycles. The summed E-state index contributed by atoms with van der Waals surface area (Å²) >= 11 is 0. The lowest BCUT2D eigenvalue weighted by atomic mass is 9.99. The van der Waals surface area contributed by atoms with Crippen LogP contribution in [0.3, 0.4) is 0 Å². The van der Waals surface area contributed by atoms with Gasteiger partial charge >= 0.3 is 11.7 Å². The number of hydrogen-bond donors (Lipinski definition) is 4. The molecule has 2 atom stereocenters. The number of aryl methyl sites for hydroxylation is 1. The summed E-state index contributed by atoms with van der Waals surface area (Å²) in [6, 6.07) is 0.593. The number of amides is 1. The standard InChI is InChI=1S/C13H20N4O4/c1-3-8(2)11(12(19)20)16-10(18)5-7-17-6-4-9(14)15-13(17)21/h4,6,8,11H,3,5,7H2,1-2H3,(H4,14,15,16,18,19,20,21)/p+1. The van der Waals surface area contributed by atoms with Gasteiger partial charge in [0.25, 0.3) is 0 Å². The Bertz CT molecular complexity index is 570. The second-order valence-corrected chi connectivity index (χ2v) is 4.91. The second-order valence-electron chi connectivity index (χ2n) is 4.91. The molecule has 0 saturated carbocycles. The Kier molecular flexibility index (Phi) is 5.89. The van der Waals surface area contributed by atoms with Crippen LogP contribution in [0.1, 0.15) is 26.7 Å². The van der Waals surface area contributed by atoms with Crippen molar-refractivity contribution in [3.63, 3.8) is 0 Å². The van der Waals surface area contributed by atoms with Gasteiger partial charge in [0.15, 0.2) is 5.82 Å². The molecule has 1 rings (SSSR count). The zero-order chi connectivity index (χ0) is 16.0. The first-order valence-electron chi connectivity index (χ1n) is 6.75. The van der Waals surface area contributed by atoms with Crippen molar-refractivity contribution in [2.75, 3.05) is 5.73 Å². The smallest absolute Gasteiger partial charge is 0.480 e. The molecule has 0 fully saturated rings. The Balaban J connectivity index is 2.61. The molecule has 0 aliphatic rings. The third-order valence-electron chi connectivity index (χ3n) is 3.32. The molecule has 1 amide bonds. The number of carbonyl (C=O) groups is 2. The fourth-order valence-corrected chi connectivity index (χ4v) is 1.80. The Morgan fingerprint density at radius 2 is 2.19 bits per heavy atom. The minimum absolute atomic E-state index is 0.0118. The number of nitrogens with zero attached hydrogens (tertiary/aromatic N) is 1. The van der Waals surface area contributed by atoms with E-state index in [0.29, 0.717) is 6.42 Å². The van der Waals surface area contributed by atoms with E-state index in [-0.39, 0.29) is 24.7 Å². The maximum Gasteiger partial charge on any atom is 0.497 e. The minimum atomic E-state index is -1.06. The summed E-state index contributed by atoms with van der Waals surface area (Å²) in [5.41, 5.74) is 5.00. The van der Waals surface area contributed by atoms with Crippen LogP contribution in [-0.2, 0) is 16.1 Å². The van der Waals surface area contributed by atoms with Gasteiger partial charge in [-0.3, -0.25) is 4.79 Å². The predicted molar refractivity (Wildman–Crippen MR) is 75.3 cm³/mol. The number of rotatable bonds is 7. The molecule has 21 heavy (non-hydrogen) atoms. The zero-order valence-electron chi connectivity index (χ0n) is 12.1. The van der Waals surface area contributed by atoms with Crippen LogP contribution >= 0.6 is 0 Å². The Morgan fingerprint density at radius 1 is 1.52 bits per heavy atom. The number of carboxylic acid groups (broad SMARTS) is 1. The normalized spacial score (nSPS) is 13.4. The van der Waals surface area contributed by atoms with Crippen LogP contribution in [0.5, 0.6) is 0 Å². The molecule has 1 heterocycles. The van der Waals surface area contributed by atoms with Crippen molar-refractivity contribution in [3.8, 4) is 0 Å². The Hall–Kier alpha value is -2.38.